The van der Waals surface area contributed by atoms with Gasteiger partial charge in [-0.3, -0.25) is 28.9 Å². The van der Waals surface area contributed by atoms with E-state index in [0.717, 1.165) is 16.7 Å². The maximum atomic E-state index is 12.0. The second kappa shape index (κ2) is 7.75. The molecule has 2 unspecified atom stereocenters. The lowest BCUT2D eigenvalue weighted by molar-refractivity contribution is -0.139. The number of carbonyl (C=O) groups excluding carboxylic acids is 3. The topological polar surface area (TPSA) is 167 Å². The minimum Gasteiger partial charge on any atom is -0.480 e. The molecule has 122 valence electrons. The molecule has 10 nitrogen and oxygen atoms in total. The van der Waals surface area contributed by atoms with Crippen LogP contribution in [0.3, 0.4) is 0 Å². The summed E-state index contributed by atoms with van der Waals surface area (Å²) >= 11 is 0.755. The maximum absolute atomic E-state index is 12.0. The van der Waals surface area contributed by atoms with Crippen molar-refractivity contribution in [1.29, 1.82) is 0 Å². The van der Waals surface area contributed by atoms with Gasteiger partial charge in [0.1, 0.15) is 18.6 Å². The van der Waals surface area contributed by atoms with Crippen molar-refractivity contribution in [2.24, 2.45) is 5.73 Å². The number of aliphatic carboxylic acids is 2. The van der Waals surface area contributed by atoms with E-state index in [0.29, 0.717) is 0 Å². The second-order valence-corrected chi connectivity index (χ2v) is 5.42. The van der Waals surface area contributed by atoms with E-state index in [9.17, 15) is 24.0 Å². The monoisotopic (exact) mass is 333 g/mol. The summed E-state index contributed by atoms with van der Waals surface area (Å²) in [5.74, 6) is -3.99. The summed E-state index contributed by atoms with van der Waals surface area (Å²) in [6.45, 7) is -0.625. The van der Waals surface area contributed by atoms with Gasteiger partial charge >= 0.3 is 11.9 Å². The number of imide groups is 1. The van der Waals surface area contributed by atoms with Crippen LogP contribution in [0.2, 0.25) is 0 Å². The Bertz CT molecular complexity index is 510. The van der Waals surface area contributed by atoms with Crippen molar-refractivity contribution >= 4 is 40.8 Å². The number of carbonyl (C=O) groups is 5. The molecular formula is C11H15N3O7S. The molecule has 1 rings (SSSR count). The van der Waals surface area contributed by atoms with Gasteiger partial charge in [0.25, 0.3) is 5.24 Å². The van der Waals surface area contributed by atoms with Crippen LogP contribution in [-0.2, 0) is 19.2 Å². The van der Waals surface area contributed by atoms with Crippen LogP contribution >= 0.6 is 11.8 Å². The lowest BCUT2D eigenvalue weighted by atomic mass is 10.1. The van der Waals surface area contributed by atoms with Gasteiger partial charge in [0.2, 0.25) is 11.8 Å². The van der Waals surface area contributed by atoms with Gasteiger partial charge in [0.05, 0.1) is 0 Å². The number of nitrogens with one attached hydrogen (secondary N) is 1. The fraction of sp³-hybridized carbons (Fsp3) is 0.545. The van der Waals surface area contributed by atoms with Gasteiger partial charge in [-0.1, -0.05) is 11.8 Å². The Morgan fingerprint density at radius 3 is 2.55 bits per heavy atom. The Balaban J connectivity index is 2.66. The third kappa shape index (κ3) is 4.70. The highest BCUT2D eigenvalue weighted by Gasteiger charge is 2.40. The van der Waals surface area contributed by atoms with E-state index >= 15 is 0 Å². The molecule has 1 aliphatic rings. The molecule has 0 aromatic rings. The number of thioether (sulfide) groups is 1. The molecule has 0 saturated carbocycles. The average molecular weight is 333 g/mol. The van der Waals surface area contributed by atoms with Crippen molar-refractivity contribution < 1.29 is 34.2 Å². The minimum absolute atomic E-state index is 0.0149. The van der Waals surface area contributed by atoms with E-state index in [-0.39, 0.29) is 18.6 Å². The molecule has 0 aliphatic carbocycles. The number of nitrogens with two attached hydrogens (primary N) is 1. The Kier molecular flexibility index (Phi) is 6.31. The number of amides is 3. The molecule has 3 amide bonds. The van der Waals surface area contributed by atoms with Crippen molar-refractivity contribution in [3.05, 3.63) is 0 Å². The highest BCUT2D eigenvalue weighted by Crippen LogP contribution is 2.25. The van der Waals surface area contributed by atoms with Crippen LogP contribution in [-0.4, -0.2) is 68.5 Å². The summed E-state index contributed by atoms with van der Waals surface area (Å²) in [5.41, 5.74) is 5.27. The highest BCUT2D eigenvalue weighted by atomic mass is 32.2. The van der Waals surface area contributed by atoms with Gasteiger partial charge in [-0.05, 0) is 6.42 Å². The summed E-state index contributed by atoms with van der Waals surface area (Å²) in [6, 6.07) is -2.35. The predicted molar refractivity (Wildman–Crippen MR) is 74.0 cm³/mol. The zero-order valence-electron chi connectivity index (χ0n) is 11.4. The van der Waals surface area contributed by atoms with Crippen LogP contribution < -0.4 is 11.1 Å². The minimum atomic E-state index is -1.27. The Hall–Kier alpha value is -2.14. The third-order valence-electron chi connectivity index (χ3n) is 2.84. The van der Waals surface area contributed by atoms with Crippen molar-refractivity contribution in [1.82, 2.24) is 10.2 Å². The van der Waals surface area contributed by atoms with Gasteiger partial charge < -0.3 is 21.3 Å². The number of hydrogen-bond donors (Lipinski definition) is 4. The first-order valence-electron chi connectivity index (χ1n) is 6.20. The third-order valence-corrected chi connectivity index (χ3v) is 3.77. The first-order chi connectivity index (χ1) is 10.2. The zero-order valence-corrected chi connectivity index (χ0v) is 12.2. The number of carboxylic acids is 2. The lowest BCUT2D eigenvalue weighted by Crippen LogP contribution is -2.49. The van der Waals surface area contributed by atoms with Crippen molar-refractivity contribution in [2.45, 2.75) is 24.9 Å². The fourth-order valence-electron chi connectivity index (χ4n) is 1.69. The molecule has 0 bridgehead atoms. The predicted octanol–water partition coefficient (Wildman–Crippen LogP) is -1.56. The quantitative estimate of drug-likeness (QED) is 0.431. The van der Waals surface area contributed by atoms with E-state index in [4.69, 9.17) is 15.9 Å². The van der Waals surface area contributed by atoms with Crippen LogP contribution in [0.4, 0.5) is 4.79 Å². The zero-order chi connectivity index (χ0) is 16.9. The Labute approximate surface area is 129 Å². The number of hydrogen-bond acceptors (Lipinski definition) is 7. The first-order valence-corrected chi connectivity index (χ1v) is 7.19. The number of nitrogens with zero attached hydrogens (tertiary/aromatic N) is 1. The van der Waals surface area contributed by atoms with Crippen LogP contribution in [0.15, 0.2) is 0 Å². The molecule has 0 aromatic heterocycles. The van der Waals surface area contributed by atoms with Crippen molar-refractivity contribution in [3.8, 4) is 0 Å². The average Bonchev–Trinajstić information content (AvgIpc) is 2.83. The molecule has 0 radical (unpaired) electrons. The van der Waals surface area contributed by atoms with Gasteiger partial charge in [-0.15, -0.1) is 0 Å². The number of rotatable bonds is 7. The van der Waals surface area contributed by atoms with Gasteiger partial charge in [-0.25, -0.2) is 0 Å². The number of carboxylic acid groups (broad SMARTS) is 2. The van der Waals surface area contributed by atoms with Crippen molar-refractivity contribution in [2.75, 3.05) is 12.3 Å². The first kappa shape index (κ1) is 17.9. The summed E-state index contributed by atoms with van der Waals surface area (Å²) in [7, 11) is 0. The summed E-state index contributed by atoms with van der Waals surface area (Å²) in [6.07, 6.45) is -0.478. The molecule has 1 heterocycles. The van der Waals surface area contributed by atoms with Gasteiger partial charge in [-0.2, -0.15) is 0 Å². The molecule has 0 spiro atoms. The largest absolute Gasteiger partial charge is 0.480 e. The lowest BCUT2D eigenvalue weighted by Gasteiger charge is -2.21. The summed E-state index contributed by atoms with van der Waals surface area (Å²) in [5, 5.41) is 18.6. The van der Waals surface area contributed by atoms with Gasteiger partial charge in [0.15, 0.2) is 0 Å². The standard InChI is InChI=1S/C11H15N3O7S/c12-5(10(19)20)1-2-7(15)14-6(4-22-11(14)21)9(18)13-3-8(16)17/h5-6H,1-4,12H2,(H,13,18)(H,16,17)(H,19,20). The summed E-state index contributed by atoms with van der Waals surface area (Å²) in [4.78, 5) is 57.2. The normalized spacial score (nSPS) is 18.9. The van der Waals surface area contributed by atoms with E-state index in [1.807, 2.05) is 0 Å². The summed E-state index contributed by atoms with van der Waals surface area (Å²) < 4.78 is 0. The fourth-order valence-corrected chi connectivity index (χ4v) is 2.66. The maximum Gasteiger partial charge on any atom is 0.322 e. The second-order valence-electron chi connectivity index (χ2n) is 4.45. The van der Waals surface area contributed by atoms with E-state index < -0.39 is 47.6 Å². The Morgan fingerprint density at radius 1 is 1.36 bits per heavy atom. The highest BCUT2D eigenvalue weighted by molar-refractivity contribution is 8.14. The molecular weight excluding hydrogens is 318 g/mol. The van der Waals surface area contributed by atoms with E-state index in [2.05, 4.69) is 5.32 Å². The molecule has 5 N–H and O–H groups in total. The Morgan fingerprint density at radius 2 is 2.00 bits per heavy atom. The smallest absolute Gasteiger partial charge is 0.322 e. The molecule has 1 saturated heterocycles. The van der Waals surface area contributed by atoms with Crippen LogP contribution in [0.25, 0.3) is 0 Å². The van der Waals surface area contributed by atoms with Crippen molar-refractivity contribution in [3.63, 3.8) is 0 Å². The van der Waals surface area contributed by atoms with Crippen LogP contribution in [0.5, 0.6) is 0 Å². The molecule has 1 aliphatic heterocycles. The molecule has 0 aromatic carbocycles. The van der Waals surface area contributed by atoms with E-state index in [1.54, 1.807) is 0 Å². The van der Waals surface area contributed by atoms with Crippen LogP contribution in [0.1, 0.15) is 12.8 Å². The molecule has 11 heteroatoms. The van der Waals surface area contributed by atoms with Crippen LogP contribution in [0, 0.1) is 0 Å². The molecule has 22 heavy (non-hydrogen) atoms. The SMILES string of the molecule is NC(CCC(=O)N1C(=O)SCC1C(=O)NCC(=O)O)C(=O)O. The van der Waals surface area contributed by atoms with Gasteiger partial charge in [0, 0.05) is 12.2 Å². The molecule has 2 atom stereocenters. The molecule has 1 fully saturated rings. The van der Waals surface area contributed by atoms with E-state index in [1.165, 1.54) is 0 Å².